The summed E-state index contributed by atoms with van der Waals surface area (Å²) in [6, 6.07) is 0. The summed E-state index contributed by atoms with van der Waals surface area (Å²) in [5.41, 5.74) is 0.0150. The monoisotopic (exact) mass is 250 g/mol. The van der Waals surface area contributed by atoms with Crippen LogP contribution in [0.25, 0.3) is 0 Å². The van der Waals surface area contributed by atoms with Crippen LogP contribution in [0.1, 0.15) is 48.9 Å². The SMILES string of the molecule is COC1(C(=O)c2cnc(C)n2C)CCCC(C)C1. The van der Waals surface area contributed by atoms with E-state index in [4.69, 9.17) is 4.74 Å². The average Bonchev–Trinajstić information content (AvgIpc) is 2.69. The van der Waals surface area contributed by atoms with E-state index < -0.39 is 5.60 Å². The quantitative estimate of drug-likeness (QED) is 0.774. The number of methoxy groups -OCH3 is 1. The molecule has 4 heteroatoms. The molecule has 2 unspecified atom stereocenters. The van der Waals surface area contributed by atoms with Crippen molar-refractivity contribution in [2.45, 2.75) is 45.1 Å². The lowest BCUT2D eigenvalue weighted by atomic mass is 9.75. The molecule has 100 valence electrons. The highest BCUT2D eigenvalue weighted by molar-refractivity contribution is 6.01. The van der Waals surface area contributed by atoms with Gasteiger partial charge in [0.25, 0.3) is 0 Å². The van der Waals surface area contributed by atoms with Crippen molar-refractivity contribution in [2.24, 2.45) is 13.0 Å². The van der Waals surface area contributed by atoms with Crippen LogP contribution in [0.15, 0.2) is 6.20 Å². The van der Waals surface area contributed by atoms with Crippen LogP contribution in [0.5, 0.6) is 0 Å². The molecule has 1 saturated carbocycles. The third kappa shape index (κ3) is 2.09. The van der Waals surface area contributed by atoms with Gasteiger partial charge >= 0.3 is 0 Å². The molecule has 0 bridgehead atoms. The summed E-state index contributed by atoms with van der Waals surface area (Å²) in [4.78, 5) is 16.9. The molecule has 1 aromatic rings. The van der Waals surface area contributed by atoms with Gasteiger partial charge in [0.15, 0.2) is 0 Å². The van der Waals surface area contributed by atoms with Crippen molar-refractivity contribution in [2.75, 3.05) is 7.11 Å². The van der Waals surface area contributed by atoms with Crippen LogP contribution in [0.3, 0.4) is 0 Å². The highest BCUT2D eigenvalue weighted by atomic mass is 16.5. The van der Waals surface area contributed by atoms with Crippen molar-refractivity contribution in [1.82, 2.24) is 9.55 Å². The normalized spacial score (nSPS) is 28.3. The Balaban J connectivity index is 2.33. The van der Waals surface area contributed by atoms with E-state index in [0.717, 1.165) is 25.1 Å². The molecule has 18 heavy (non-hydrogen) atoms. The third-order valence-electron chi connectivity index (χ3n) is 4.21. The number of hydrogen-bond acceptors (Lipinski definition) is 3. The van der Waals surface area contributed by atoms with E-state index in [2.05, 4.69) is 11.9 Å². The highest BCUT2D eigenvalue weighted by Crippen LogP contribution is 2.37. The molecule has 1 aromatic heterocycles. The lowest BCUT2D eigenvalue weighted by molar-refractivity contribution is -0.0308. The number of rotatable bonds is 3. The summed E-state index contributed by atoms with van der Waals surface area (Å²) in [6.45, 7) is 4.09. The molecular formula is C14H22N2O2. The first-order valence-corrected chi connectivity index (χ1v) is 6.58. The van der Waals surface area contributed by atoms with Gasteiger partial charge < -0.3 is 9.30 Å². The molecule has 1 heterocycles. The Kier molecular flexibility index (Phi) is 3.57. The van der Waals surface area contributed by atoms with Crippen molar-refractivity contribution in [3.8, 4) is 0 Å². The third-order valence-corrected chi connectivity index (χ3v) is 4.21. The van der Waals surface area contributed by atoms with E-state index in [0.29, 0.717) is 11.6 Å². The average molecular weight is 250 g/mol. The van der Waals surface area contributed by atoms with E-state index >= 15 is 0 Å². The molecule has 0 saturated heterocycles. The first-order valence-electron chi connectivity index (χ1n) is 6.58. The van der Waals surface area contributed by atoms with E-state index in [1.54, 1.807) is 13.3 Å². The number of aromatic nitrogens is 2. The minimum atomic E-state index is -0.641. The van der Waals surface area contributed by atoms with Crippen LogP contribution in [0, 0.1) is 12.8 Å². The number of nitrogens with zero attached hydrogens (tertiary/aromatic N) is 2. The Labute approximate surface area is 108 Å². The van der Waals surface area contributed by atoms with Gasteiger partial charge in [-0.15, -0.1) is 0 Å². The molecule has 0 aromatic carbocycles. The van der Waals surface area contributed by atoms with Crippen LogP contribution in [-0.2, 0) is 11.8 Å². The Bertz CT molecular complexity index is 453. The molecule has 2 rings (SSSR count). The first kappa shape index (κ1) is 13.3. The van der Waals surface area contributed by atoms with E-state index in [9.17, 15) is 4.79 Å². The smallest absolute Gasteiger partial charge is 0.212 e. The molecule has 1 fully saturated rings. The topological polar surface area (TPSA) is 44.1 Å². The van der Waals surface area contributed by atoms with E-state index in [1.165, 1.54) is 6.42 Å². The molecular weight excluding hydrogens is 228 g/mol. The number of carbonyl (C=O) groups is 1. The molecule has 1 aliphatic rings. The number of Topliss-reactive ketones (excluding diaryl/α,β-unsaturated/α-hetero) is 1. The van der Waals surface area contributed by atoms with Crippen molar-refractivity contribution in [3.05, 3.63) is 17.7 Å². The Morgan fingerprint density at radius 1 is 1.61 bits per heavy atom. The fourth-order valence-electron chi connectivity index (χ4n) is 2.93. The lowest BCUT2D eigenvalue weighted by Crippen LogP contribution is -2.45. The minimum absolute atomic E-state index is 0.0830. The van der Waals surface area contributed by atoms with Crippen molar-refractivity contribution in [1.29, 1.82) is 0 Å². The fourth-order valence-corrected chi connectivity index (χ4v) is 2.93. The molecule has 4 nitrogen and oxygen atoms in total. The summed E-state index contributed by atoms with van der Waals surface area (Å²) in [7, 11) is 3.53. The Morgan fingerprint density at radius 3 is 2.83 bits per heavy atom. The molecule has 0 radical (unpaired) electrons. The van der Waals surface area contributed by atoms with E-state index in [1.807, 2.05) is 18.5 Å². The zero-order valence-electron chi connectivity index (χ0n) is 11.7. The number of hydrogen-bond donors (Lipinski definition) is 0. The maximum absolute atomic E-state index is 12.7. The van der Waals surface area contributed by atoms with Crippen LogP contribution in [0.4, 0.5) is 0 Å². The van der Waals surface area contributed by atoms with Crippen molar-refractivity contribution < 1.29 is 9.53 Å². The number of aryl methyl sites for hydroxylation is 1. The standard InChI is InChI=1S/C14H22N2O2/c1-10-6-5-7-14(8-10,18-4)13(17)12-9-15-11(2)16(12)3/h9-10H,5-8H2,1-4H3. The fraction of sp³-hybridized carbons (Fsp3) is 0.714. The summed E-state index contributed by atoms with van der Waals surface area (Å²) >= 11 is 0. The largest absolute Gasteiger partial charge is 0.370 e. The second-order valence-electron chi connectivity index (χ2n) is 5.48. The van der Waals surface area contributed by atoms with Gasteiger partial charge in [0, 0.05) is 14.2 Å². The van der Waals surface area contributed by atoms with Crippen LogP contribution in [-0.4, -0.2) is 28.0 Å². The predicted molar refractivity (Wildman–Crippen MR) is 69.6 cm³/mol. The number of ether oxygens (including phenoxy) is 1. The van der Waals surface area contributed by atoms with Gasteiger partial charge in [0.05, 0.1) is 6.20 Å². The number of ketones is 1. The highest BCUT2D eigenvalue weighted by Gasteiger charge is 2.43. The maximum atomic E-state index is 12.7. The van der Waals surface area contributed by atoms with Crippen molar-refractivity contribution >= 4 is 5.78 Å². The molecule has 0 N–H and O–H groups in total. The minimum Gasteiger partial charge on any atom is -0.370 e. The first-order chi connectivity index (χ1) is 8.50. The summed E-state index contributed by atoms with van der Waals surface area (Å²) in [5, 5.41) is 0. The molecule has 0 amide bonds. The van der Waals surface area contributed by atoms with Crippen LogP contribution in [0.2, 0.25) is 0 Å². The van der Waals surface area contributed by atoms with Gasteiger partial charge in [-0.2, -0.15) is 0 Å². The van der Waals surface area contributed by atoms with Gasteiger partial charge in [-0.05, 0) is 32.1 Å². The van der Waals surface area contributed by atoms with Gasteiger partial charge in [0.1, 0.15) is 17.1 Å². The second-order valence-corrected chi connectivity index (χ2v) is 5.48. The zero-order valence-corrected chi connectivity index (χ0v) is 11.7. The Morgan fingerprint density at radius 2 is 2.33 bits per heavy atom. The molecule has 2 atom stereocenters. The predicted octanol–water partition coefficient (Wildman–Crippen LogP) is 2.51. The number of imidazole rings is 1. The van der Waals surface area contributed by atoms with Gasteiger partial charge in [-0.1, -0.05) is 13.3 Å². The molecule has 0 spiro atoms. The second kappa shape index (κ2) is 4.84. The van der Waals surface area contributed by atoms with Crippen molar-refractivity contribution in [3.63, 3.8) is 0 Å². The molecule has 1 aliphatic carbocycles. The Hall–Kier alpha value is -1.16. The van der Waals surface area contributed by atoms with Gasteiger partial charge in [-0.25, -0.2) is 4.98 Å². The van der Waals surface area contributed by atoms with Gasteiger partial charge in [-0.3, -0.25) is 4.79 Å². The number of carbonyl (C=O) groups excluding carboxylic acids is 1. The summed E-state index contributed by atoms with van der Waals surface area (Å²) < 4.78 is 7.49. The lowest BCUT2D eigenvalue weighted by Gasteiger charge is -2.37. The molecule has 0 aliphatic heterocycles. The van der Waals surface area contributed by atoms with E-state index in [-0.39, 0.29) is 5.78 Å². The van der Waals surface area contributed by atoms with Gasteiger partial charge in [0.2, 0.25) is 5.78 Å². The summed E-state index contributed by atoms with van der Waals surface area (Å²) in [6.07, 6.45) is 5.53. The van der Waals surface area contributed by atoms with Crippen LogP contribution < -0.4 is 0 Å². The van der Waals surface area contributed by atoms with Crippen LogP contribution >= 0.6 is 0 Å². The zero-order chi connectivity index (χ0) is 13.3. The summed E-state index contributed by atoms with van der Waals surface area (Å²) in [5.74, 6) is 1.48. The maximum Gasteiger partial charge on any atom is 0.212 e.